The van der Waals surface area contributed by atoms with E-state index in [9.17, 15) is 18.0 Å². The zero-order valence-electron chi connectivity index (χ0n) is 11.1. The monoisotopic (exact) mass is 268 g/mol. The Morgan fingerprint density at radius 3 is 2.44 bits per heavy atom. The molecule has 0 aliphatic rings. The minimum absolute atomic E-state index is 0.288. The van der Waals surface area contributed by atoms with E-state index in [-0.39, 0.29) is 12.5 Å². The highest BCUT2D eigenvalue weighted by atomic mass is 19.4. The first-order chi connectivity index (χ1) is 8.39. The van der Waals surface area contributed by atoms with Crippen LogP contribution in [0.15, 0.2) is 0 Å². The Labute approximate surface area is 107 Å². The van der Waals surface area contributed by atoms with Gasteiger partial charge in [-0.2, -0.15) is 13.2 Å². The summed E-state index contributed by atoms with van der Waals surface area (Å²) in [7, 11) is 0. The zero-order chi connectivity index (χ0) is 14.0. The molecule has 0 aliphatic heterocycles. The lowest BCUT2D eigenvalue weighted by atomic mass is 9.99. The van der Waals surface area contributed by atoms with E-state index in [0.29, 0.717) is 12.5 Å². The van der Waals surface area contributed by atoms with E-state index in [1.165, 1.54) is 0 Å². The van der Waals surface area contributed by atoms with Gasteiger partial charge in [0.25, 0.3) is 0 Å². The number of hydrogen-bond donors (Lipinski definition) is 2. The van der Waals surface area contributed by atoms with Crippen LogP contribution in [0.1, 0.15) is 39.5 Å². The van der Waals surface area contributed by atoms with Gasteiger partial charge in [0.2, 0.25) is 5.91 Å². The second-order valence-corrected chi connectivity index (χ2v) is 4.44. The van der Waals surface area contributed by atoms with Gasteiger partial charge in [-0.1, -0.05) is 33.1 Å². The van der Waals surface area contributed by atoms with Crippen LogP contribution in [0.5, 0.6) is 0 Å². The van der Waals surface area contributed by atoms with Crippen LogP contribution < -0.4 is 10.6 Å². The molecule has 1 atom stereocenters. The topological polar surface area (TPSA) is 41.1 Å². The summed E-state index contributed by atoms with van der Waals surface area (Å²) in [4.78, 5) is 11.3. The van der Waals surface area contributed by atoms with Crippen molar-refractivity contribution in [3.05, 3.63) is 0 Å². The summed E-state index contributed by atoms with van der Waals surface area (Å²) < 4.78 is 35.5. The van der Waals surface area contributed by atoms with Crippen molar-refractivity contribution >= 4 is 5.91 Å². The number of rotatable bonds is 9. The second kappa shape index (κ2) is 9.19. The van der Waals surface area contributed by atoms with Gasteiger partial charge in [0.05, 0.1) is 13.1 Å². The minimum atomic E-state index is -4.27. The largest absolute Gasteiger partial charge is 0.401 e. The Morgan fingerprint density at radius 1 is 1.28 bits per heavy atom. The molecule has 0 fully saturated rings. The van der Waals surface area contributed by atoms with Gasteiger partial charge in [0.15, 0.2) is 0 Å². The zero-order valence-corrected chi connectivity index (χ0v) is 11.1. The highest BCUT2D eigenvalue weighted by Crippen LogP contribution is 2.12. The Morgan fingerprint density at radius 2 is 1.94 bits per heavy atom. The average Bonchev–Trinajstić information content (AvgIpc) is 2.27. The number of carbonyl (C=O) groups excluding carboxylic acids is 1. The van der Waals surface area contributed by atoms with Crippen LogP contribution in [0.2, 0.25) is 0 Å². The first kappa shape index (κ1) is 17.2. The van der Waals surface area contributed by atoms with Gasteiger partial charge in [-0.25, -0.2) is 0 Å². The number of nitrogens with one attached hydrogen (secondary N) is 2. The molecule has 0 aromatic rings. The summed E-state index contributed by atoms with van der Waals surface area (Å²) in [5, 5.41) is 4.73. The predicted octanol–water partition coefficient (Wildman–Crippen LogP) is 2.47. The molecule has 0 aromatic carbocycles. The molecular weight excluding hydrogens is 245 g/mol. The van der Waals surface area contributed by atoms with Crippen molar-refractivity contribution in [2.24, 2.45) is 5.92 Å². The lowest BCUT2D eigenvalue weighted by Crippen LogP contribution is -2.39. The molecule has 2 N–H and O–H groups in total. The third-order valence-corrected chi connectivity index (χ3v) is 2.74. The van der Waals surface area contributed by atoms with Crippen molar-refractivity contribution in [1.82, 2.24) is 10.6 Å². The fourth-order valence-corrected chi connectivity index (χ4v) is 1.58. The van der Waals surface area contributed by atoms with E-state index in [4.69, 9.17) is 0 Å². The fourth-order valence-electron chi connectivity index (χ4n) is 1.58. The highest BCUT2D eigenvalue weighted by molar-refractivity contribution is 5.77. The number of alkyl halides is 3. The quantitative estimate of drug-likeness (QED) is 0.674. The number of amides is 1. The summed E-state index contributed by atoms with van der Waals surface area (Å²) in [6.07, 6.45) is -0.0365. The summed E-state index contributed by atoms with van der Waals surface area (Å²) in [6.45, 7) is 3.28. The van der Waals surface area contributed by atoms with Gasteiger partial charge in [0, 0.05) is 6.54 Å². The van der Waals surface area contributed by atoms with Crippen molar-refractivity contribution < 1.29 is 18.0 Å². The minimum Gasteiger partial charge on any atom is -0.355 e. The van der Waals surface area contributed by atoms with Crippen LogP contribution in [0.25, 0.3) is 0 Å². The fraction of sp³-hybridized carbons (Fsp3) is 0.917. The molecule has 3 nitrogen and oxygen atoms in total. The molecule has 1 unspecified atom stereocenters. The molecule has 18 heavy (non-hydrogen) atoms. The van der Waals surface area contributed by atoms with Crippen molar-refractivity contribution in [3.8, 4) is 0 Å². The van der Waals surface area contributed by atoms with E-state index in [0.717, 1.165) is 25.7 Å². The number of carbonyl (C=O) groups is 1. The molecule has 0 saturated carbocycles. The number of halogens is 3. The van der Waals surface area contributed by atoms with Gasteiger partial charge in [-0.05, 0) is 12.3 Å². The summed E-state index contributed by atoms with van der Waals surface area (Å²) in [5.41, 5.74) is 0. The van der Waals surface area contributed by atoms with Gasteiger partial charge < -0.3 is 10.6 Å². The highest BCUT2D eigenvalue weighted by Gasteiger charge is 2.26. The average molecular weight is 268 g/mol. The number of hydrogen-bond acceptors (Lipinski definition) is 2. The first-order valence-electron chi connectivity index (χ1n) is 6.43. The van der Waals surface area contributed by atoms with Crippen molar-refractivity contribution in [1.29, 1.82) is 0 Å². The van der Waals surface area contributed by atoms with Crippen molar-refractivity contribution in [2.45, 2.75) is 45.7 Å². The van der Waals surface area contributed by atoms with Crippen molar-refractivity contribution in [2.75, 3.05) is 19.6 Å². The van der Waals surface area contributed by atoms with Gasteiger partial charge in [-0.3, -0.25) is 4.79 Å². The molecule has 1 amide bonds. The lowest BCUT2D eigenvalue weighted by Gasteiger charge is -2.15. The van der Waals surface area contributed by atoms with E-state index < -0.39 is 12.7 Å². The maximum absolute atomic E-state index is 11.8. The Bertz CT molecular complexity index is 232. The molecule has 0 rings (SSSR count). The van der Waals surface area contributed by atoms with Crippen LogP contribution in [0.4, 0.5) is 13.2 Å². The molecule has 0 heterocycles. The molecule has 108 valence electrons. The van der Waals surface area contributed by atoms with Gasteiger partial charge in [-0.15, -0.1) is 0 Å². The first-order valence-corrected chi connectivity index (χ1v) is 6.43. The Hall–Kier alpha value is -0.780. The molecule has 0 aromatic heterocycles. The SMILES string of the molecule is CCCCC(CC)CNC(=O)CNCC(F)(F)F. The smallest absolute Gasteiger partial charge is 0.355 e. The second-order valence-electron chi connectivity index (χ2n) is 4.44. The van der Waals surface area contributed by atoms with Crippen LogP contribution in [-0.4, -0.2) is 31.7 Å². The molecule has 0 radical (unpaired) electrons. The standard InChI is InChI=1S/C12H23F3N2O/c1-3-5-6-10(4-2)7-17-11(18)8-16-9-12(13,14)15/h10,16H,3-9H2,1-2H3,(H,17,18). The van der Waals surface area contributed by atoms with E-state index in [2.05, 4.69) is 17.6 Å². The maximum atomic E-state index is 11.8. The van der Waals surface area contributed by atoms with E-state index in [1.807, 2.05) is 6.92 Å². The molecule has 0 saturated heterocycles. The van der Waals surface area contributed by atoms with Crippen molar-refractivity contribution in [3.63, 3.8) is 0 Å². The maximum Gasteiger partial charge on any atom is 0.401 e. The van der Waals surface area contributed by atoms with Gasteiger partial charge in [0.1, 0.15) is 0 Å². The molecule has 0 aliphatic carbocycles. The van der Waals surface area contributed by atoms with Crippen LogP contribution in [0, 0.1) is 5.92 Å². The molecule has 0 bridgehead atoms. The summed E-state index contributed by atoms with van der Waals surface area (Å²) in [6, 6.07) is 0. The lowest BCUT2D eigenvalue weighted by molar-refractivity contribution is -0.128. The number of unbranched alkanes of at least 4 members (excludes halogenated alkanes) is 1. The van der Waals surface area contributed by atoms with E-state index >= 15 is 0 Å². The molecular formula is C12H23F3N2O. The Kier molecular flexibility index (Phi) is 8.79. The normalized spacial score (nSPS) is 13.4. The van der Waals surface area contributed by atoms with Gasteiger partial charge >= 0.3 is 6.18 Å². The predicted molar refractivity (Wildman–Crippen MR) is 65.2 cm³/mol. The van der Waals surface area contributed by atoms with E-state index in [1.54, 1.807) is 0 Å². The molecule has 0 spiro atoms. The molecule has 6 heteroatoms. The Balaban J connectivity index is 3.68. The third-order valence-electron chi connectivity index (χ3n) is 2.74. The van der Waals surface area contributed by atoms with Crippen LogP contribution >= 0.6 is 0 Å². The summed E-state index contributed by atoms with van der Waals surface area (Å²) >= 11 is 0. The van der Waals surface area contributed by atoms with Crippen LogP contribution in [0.3, 0.4) is 0 Å². The summed E-state index contributed by atoms with van der Waals surface area (Å²) in [5.74, 6) is 0.0331. The third kappa shape index (κ3) is 10.4. The van der Waals surface area contributed by atoms with Crippen LogP contribution in [-0.2, 0) is 4.79 Å².